The van der Waals surface area contributed by atoms with Crippen molar-refractivity contribution in [1.82, 2.24) is 4.31 Å². The molecule has 1 amide bonds. The van der Waals surface area contributed by atoms with Crippen molar-refractivity contribution < 1.29 is 22.7 Å². The van der Waals surface area contributed by atoms with Crippen molar-refractivity contribution in [2.75, 3.05) is 25.0 Å². The first-order chi connectivity index (χ1) is 12.1. The van der Waals surface area contributed by atoms with Crippen LogP contribution in [0.2, 0.25) is 5.02 Å². The summed E-state index contributed by atoms with van der Waals surface area (Å²) in [6, 6.07) is 4.05. The molecule has 0 heterocycles. The molecular weight excluding hydrogens is 380 g/mol. The summed E-state index contributed by atoms with van der Waals surface area (Å²) in [7, 11) is -3.69. The van der Waals surface area contributed by atoms with Gasteiger partial charge in [0.2, 0.25) is 10.0 Å². The fraction of sp³-hybridized carbons (Fsp3) is 0.412. The van der Waals surface area contributed by atoms with Crippen molar-refractivity contribution in [1.29, 1.82) is 0 Å². The third kappa shape index (κ3) is 6.12. The Hall–Kier alpha value is -1.90. The molecule has 0 radical (unpaired) electrons. The summed E-state index contributed by atoms with van der Waals surface area (Å²) < 4.78 is 31.2. The zero-order valence-corrected chi connectivity index (χ0v) is 16.8. The molecule has 1 N–H and O–H groups in total. The number of halogens is 1. The van der Waals surface area contributed by atoms with Gasteiger partial charge in [-0.05, 0) is 32.0 Å². The number of hydrogen-bond donors (Lipinski definition) is 1. The van der Waals surface area contributed by atoms with E-state index in [0.29, 0.717) is 13.1 Å². The summed E-state index contributed by atoms with van der Waals surface area (Å²) in [6.07, 6.45) is 1.26. The minimum Gasteiger partial charge on any atom is -0.452 e. The van der Waals surface area contributed by atoms with Gasteiger partial charge in [0.05, 0.1) is 15.6 Å². The number of nitrogens with zero attached hydrogens (tertiary/aromatic N) is 1. The van der Waals surface area contributed by atoms with Gasteiger partial charge in [0.1, 0.15) is 0 Å². The van der Waals surface area contributed by atoms with Crippen molar-refractivity contribution in [3.8, 4) is 0 Å². The van der Waals surface area contributed by atoms with Gasteiger partial charge in [-0.1, -0.05) is 31.0 Å². The molecule has 0 aromatic heterocycles. The molecule has 1 rings (SSSR count). The molecule has 0 saturated heterocycles. The SMILES string of the molecule is CCN(CC)S(=O)(=O)c1ccc(Cl)c(NC(=O)COC(=O)C=C(C)C)c1. The quantitative estimate of drug-likeness (QED) is 0.533. The molecule has 0 aliphatic carbocycles. The number of benzene rings is 1. The van der Waals surface area contributed by atoms with Crippen LogP contribution in [0.5, 0.6) is 0 Å². The van der Waals surface area contributed by atoms with E-state index < -0.39 is 28.5 Å². The zero-order chi connectivity index (χ0) is 19.9. The second-order valence-corrected chi connectivity index (χ2v) is 7.95. The van der Waals surface area contributed by atoms with Gasteiger partial charge in [-0.25, -0.2) is 13.2 Å². The number of hydrogen-bond acceptors (Lipinski definition) is 5. The van der Waals surface area contributed by atoms with Crippen LogP contribution in [0.1, 0.15) is 27.7 Å². The lowest BCUT2D eigenvalue weighted by molar-refractivity contribution is -0.142. The Balaban J connectivity index is 2.93. The first-order valence-electron chi connectivity index (χ1n) is 8.03. The third-order valence-electron chi connectivity index (χ3n) is 3.31. The van der Waals surface area contributed by atoms with Crippen LogP contribution >= 0.6 is 11.6 Å². The van der Waals surface area contributed by atoms with Crippen molar-refractivity contribution >= 4 is 39.2 Å². The number of rotatable bonds is 8. The van der Waals surface area contributed by atoms with E-state index in [4.69, 9.17) is 16.3 Å². The number of carbonyl (C=O) groups is 2. The molecule has 0 aliphatic rings. The average Bonchev–Trinajstić information content (AvgIpc) is 2.55. The minimum atomic E-state index is -3.69. The molecule has 9 heteroatoms. The van der Waals surface area contributed by atoms with Crippen LogP contribution in [0.3, 0.4) is 0 Å². The second kappa shape index (κ2) is 9.70. The largest absolute Gasteiger partial charge is 0.452 e. The summed E-state index contributed by atoms with van der Waals surface area (Å²) >= 11 is 6.03. The van der Waals surface area contributed by atoms with Gasteiger partial charge < -0.3 is 10.1 Å². The Bertz CT molecular complexity index is 797. The lowest BCUT2D eigenvalue weighted by Crippen LogP contribution is -2.30. The van der Waals surface area contributed by atoms with Crippen molar-refractivity contribution in [2.45, 2.75) is 32.6 Å². The van der Waals surface area contributed by atoms with Gasteiger partial charge in [0.25, 0.3) is 5.91 Å². The molecule has 7 nitrogen and oxygen atoms in total. The van der Waals surface area contributed by atoms with E-state index in [2.05, 4.69) is 5.32 Å². The number of esters is 1. The number of anilines is 1. The fourth-order valence-corrected chi connectivity index (χ4v) is 3.72. The summed E-state index contributed by atoms with van der Waals surface area (Å²) in [5.74, 6) is -1.26. The maximum absolute atomic E-state index is 12.6. The molecule has 1 aromatic rings. The van der Waals surface area contributed by atoms with Gasteiger partial charge in [0.15, 0.2) is 6.61 Å². The number of nitrogens with one attached hydrogen (secondary N) is 1. The first kappa shape index (κ1) is 22.1. The maximum atomic E-state index is 12.6. The molecule has 26 heavy (non-hydrogen) atoms. The molecule has 1 aromatic carbocycles. The molecule has 0 aliphatic heterocycles. The molecule has 144 valence electrons. The number of carbonyl (C=O) groups excluding carboxylic acids is 2. The molecule has 0 bridgehead atoms. The van der Waals surface area contributed by atoms with Crippen molar-refractivity contribution in [3.63, 3.8) is 0 Å². The summed E-state index contributed by atoms with van der Waals surface area (Å²) in [6.45, 7) is 7.06. The molecule has 0 unspecified atom stereocenters. The molecule has 0 fully saturated rings. The Morgan fingerprint density at radius 1 is 1.23 bits per heavy atom. The van der Waals surface area contributed by atoms with E-state index >= 15 is 0 Å². The summed E-state index contributed by atoms with van der Waals surface area (Å²) in [5.41, 5.74) is 0.871. The van der Waals surface area contributed by atoms with E-state index in [1.165, 1.54) is 28.6 Å². The van der Waals surface area contributed by atoms with Crippen LogP contribution in [0.4, 0.5) is 5.69 Å². The van der Waals surface area contributed by atoms with Gasteiger partial charge in [0, 0.05) is 19.2 Å². The third-order valence-corrected chi connectivity index (χ3v) is 5.68. The Labute approximate surface area is 159 Å². The lowest BCUT2D eigenvalue weighted by atomic mass is 10.3. The van der Waals surface area contributed by atoms with Crippen molar-refractivity contribution in [2.24, 2.45) is 0 Å². The molecule has 0 atom stereocenters. The van der Waals surface area contributed by atoms with Crippen LogP contribution in [-0.4, -0.2) is 44.3 Å². The summed E-state index contributed by atoms with van der Waals surface area (Å²) in [4.78, 5) is 23.4. The lowest BCUT2D eigenvalue weighted by Gasteiger charge is -2.19. The highest BCUT2D eigenvalue weighted by Crippen LogP contribution is 2.27. The van der Waals surface area contributed by atoms with E-state index in [9.17, 15) is 18.0 Å². The maximum Gasteiger partial charge on any atom is 0.331 e. The Kier molecular flexibility index (Phi) is 8.26. The van der Waals surface area contributed by atoms with Crippen LogP contribution in [0.15, 0.2) is 34.7 Å². The highest BCUT2D eigenvalue weighted by molar-refractivity contribution is 7.89. The van der Waals surface area contributed by atoms with E-state index in [1.54, 1.807) is 27.7 Å². The van der Waals surface area contributed by atoms with Gasteiger partial charge in [-0.3, -0.25) is 4.79 Å². The van der Waals surface area contributed by atoms with Crippen molar-refractivity contribution in [3.05, 3.63) is 34.9 Å². The number of allylic oxidation sites excluding steroid dienone is 1. The normalized spacial score (nSPS) is 11.2. The topological polar surface area (TPSA) is 92.8 Å². The van der Waals surface area contributed by atoms with Crippen LogP contribution in [-0.2, 0) is 24.3 Å². The molecule has 0 saturated carbocycles. The van der Waals surface area contributed by atoms with E-state index in [0.717, 1.165) is 5.57 Å². The smallest absolute Gasteiger partial charge is 0.331 e. The standard InChI is InChI=1S/C17H23ClN2O5S/c1-5-20(6-2)26(23,24)13-7-8-14(18)15(10-13)19-16(21)11-25-17(22)9-12(3)4/h7-10H,5-6,11H2,1-4H3,(H,19,21). The number of ether oxygens (including phenoxy) is 1. The zero-order valence-electron chi connectivity index (χ0n) is 15.2. The van der Waals surface area contributed by atoms with Crippen LogP contribution < -0.4 is 5.32 Å². The van der Waals surface area contributed by atoms with Gasteiger partial charge in [-0.2, -0.15) is 4.31 Å². The number of amides is 1. The Morgan fingerprint density at radius 2 is 1.85 bits per heavy atom. The number of sulfonamides is 1. The predicted molar refractivity (Wildman–Crippen MR) is 101 cm³/mol. The van der Waals surface area contributed by atoms with E-state index in [1.807, 2.05) is 0 Å². The summed E-state index contributed by atoms with van der Waals surface area (Å²) in [5, 5.41) is 2.63. The predicted octanol–water partition coefficient (Wildman–Crippen LogP) is 2.82. The highest BCUT2D eigenvalue weighted by Gasteiger charge is 2.22. The van der Waals surface area contributed by atoms with Gasteiger partial charge in [-0.15, -0.1) is 0 Å². The highest BCUT2D eigenvalue weighted by atomic mass is 35.5. The second-order valence-electron chi connectivity index (χ2n) is 5.61. The van der Waals surface area contributed by atoms with E-state index in [-0.39, 0.29) is 15.6 Å². The monoisotopic (exact) mass is 402 g/mol. The van der Waals surface area contributed by atoms with Gasteiger partial charge >= 0.3 is 5.97 Å². The molecule has 0 spiro atoms. The Morgan fingerprint density at radius 3 is 2.38 bits per heavy atom. The molecular formula is C17H23ClN2O5S. The minimum absolute atomic E-state index is 0.0161. The van der Waals surface area contributed by atoms with Crippen LogP contribution in [0.25, 0.3) is 0 Å². The average molecular weight is 403 g/mol. The van der Waals surface area contributed by atoms with Crippen LogP contribution in [0, 0.1) is 0 Å². The first-order valence-corrected chi connectivity index (χ1v) is 9.84. The fourth-order valence-electron chi connectivity index (χ4n) is 2.07.